The topological polar surface area (TPSA) is 66.8 Å². The van der Waals surface area contributed by atoms with Gasteiger partial charge in [-0.3, -0.25) is 9.36 Å². The van der Waals surface area contributed by atoms with E-state index in [1.165, 1.54) is 11.6 Å². The smallest absolute Gasteiger partial charge is 0.321 e. The number of hydrogen-bond acceptors (Lipinski definition) is 3. The Bertz CT molecular complexity index is 544. The van der Waals surface area contributed by atoms with Gasteiger partial charge < -0.3 is 9.63 Å². The number of nitrogens with zero attached hydrogens (tertiary/aromatic N) is 1. The van der Waals surface area contributed by atoms with E-state index in [1.807, 2.05) is 19.9 Å². The molecule has 1 N–H and O–H groups in total. The van der Waals surface area contributed by atoms with Crippen molar-refractivity contribution in [1.82, 2.24) is 4.67 Å². The van der Waals surface area contributed by atoms with Gasteiger partial charge in [-0.2, -0.15) is 0 Å². The lowest BCUT2D eigenvalue weighted by atomic mass is 10.3. The van der Waals surface area contributed by atoms with Crippen molar-refractivity contribution >= 4 is 13.5 Å². The van der Waals surface area contributed by atoms with Crippen LogP contribution in [0.25, 0.3) is 0 Å². The molecule has 0 aromatic heterocycles. The van der Waals surface area contributed by atoms with Crippen molar-refractivity contribution < 1.29 is 19.0 Å². The molecular formula is C16H24NO4P. The summed E-state index contributed by atoms with van der Waals surface area (Å²) in [5.74, 6) is -0.553. The molecule has 1 unspecified atom stereocenters. The summed E-state index contributed by atoms with van der Waals surface area (Å²) in [4.78, 5) is 11.4. The minimum Gasteiger partial charge on any atom is -0.480 e. The summed E-state index contributed by atoms with van der Waals surface area (Å²) >= 11 is 0. The minimum absolute atomic E-state index is 0.223. The molecule has 0 amide bonds. The van der Waals surface area contributed by atoms with Crippen molar-refractivity contribution in [2.24, 2.45) is 0 Å². The van der Waals surface area contributed by atoms with Gasteiger partial charge in [0.25, 0.3) is 0 Å². The van der Waals surface area contributed by atoms with E-state index < -0.39 is 19.5 Å². The zero-order valence-corrected chi connectivity index (χ0v) is 14.2. The molecule has 0 aliphatic carbocycles. The van der Waals surface area contributed by atoms with Crippen molar-refractivity contribution in [2.75, 3.05) is 6.16 Å². The molecule has 0 aliphatic rings. The Morgan fingerprint density at radius 3 is 2.41 bits per heavy atom. The van der Waals surface area contributed by atoms with Crippen LogP contribution in [0.5, 0.6) is 5.75 Å². The van der Waals surface area contributed by atoms with Gasteiger partial charge in [0.2, 0.25) is 0 Å². The molecule has 1 aromatic rings. The van der Waals surface area contributed by atoms with Crippen LogP contribution in [0.1, 0.15) is 27.2 Å². The summed E-state index contributed by atoms with van der Waals surface area (Å²) in [5.41, 5.74) is 0. The highest BCUT2D eigenvalue weighted by Crippen LogP contribution is 2.53. The lowest BCUT2D eigenvalue weighted by molar-refractivity contribution is -0.141. The van der Waals surface area contributed by atoms with Crippen LogP contribution in [0.2, 0.25) is 0 Å². The molecule has 0 saturated heterocycles. The predicted molar refractivity (Wildman–Crippen MR) is 88.4 cm³/mol. The molecule has 122 valence electrons. The maximum Gasteiger partial charge on any atom is 0.321 e. The zero-order valence-electron chi connectivity index (χ0n) is 13.3. The van der Waals surface area contributed by atoms with E-state index in [1.54, 1.807) is 30.3 Å². The number of rotatable bonds is 9. The van der Waals surface area contributed by atoms with Gasteiger partial charge in [-0.1, -0.05) is 24.3 Å². The zero-order chi connectivity index (χ0) is 16.8. The Hall–Kier alpha value is -1.58. The molecule has 5 nitrogen and oxygen atoms in total. The first-order chi connectivity index (χ1) is 10.3. The van der Waals surface area contributed by atoms with Gasteiger partial charge >= 0.3 is 13.5 Å². The van der Waals surface area contributed by atoms with Crippen LogP contribution in [-0.4, -0.2) is 34.0 Å². The highest BCUT2D eigenvalue weighted by Gasteiger charge is 2.40. The van der Waals surface area contributed by atoms with E-state index in [0.29, 0.717) is 12.2 Å². The molecular weight excluding hydrogens is 301 g/mol. The first kappa shape index (κ1) is 18.5. The molecule has 0 bridgehead atoms. The standard InChI is InChI=1S/C16H24NO4P/c1-5-6-12-22(20,21-15-10-8-7-9-11-15)17(13(2)3)14(4)16(18)19/h5,7-11,13-14H,1,6,12H2,2-4H3,(H,18,19)/t14-,22?/m0/s1. The quantitative estimate of drug-likeness (QED) is 0.549. The number of carboxylic acids is 1. The van der Waals surface area contributed by atoms with Gasteiger partial charge in [0.1, 0.15) is 11.8 Å². The Balaban J connectivity index is 3.19. The van der Waals surface area contributed by atoms with Gasteiger partial charge in [0, 0.05) is 6.04 Å². The molecule has 1 rings (SSSR count). The molecule has 0 fully saturated rings. The molecule has 0 aliphatic heterocycles. The fourth-order valence-electron chi connectivity index (χ4n) is 2.28. The fourth-order valence-corrected chi connectivity index (χ4v) is 4.99. The molecule has 2 atom stereocenters. The van der Waals surface area contributed by atoms with Crippen LogP contribution in [0.4, 0.5) is 0 Å². The van der Waals surface area contributed by atoms with Gasteiger partial charge in [0.05, 0.1) is 6.16 Å². The van der Waals surface area contributed by atoms with E-state index in [-0.39, 0.29) is 12.2 Å². The summed E-state index contributed by atoms with van der Waals surface area (Å²) in [6, 6.07) is 7.70. The van der Waals surface area contributed by atoms with Gasteiger partial charge in [-0.05, 0) is 39.3 Å². The maximum absolute atomic E-state index is 13.4. The number of carboxylic acid groups (broad SMARTS) is 1. The number of benzene rings is 1. The molecule has 0 spiro atoms. The largest absolute Gasteiger partial charge is 0.480 e. The minimum atomic E-state index is -3.35. The summed E-state index contributed by atoms with van der Waals surface area (Å²) in [7, 11) is -3.35. The Labute approximate surface area is 132 Å². The third kappa shape index (κ3) is 4.72. The van der Waals surface area contributed by atoms with E-state index in [2.05, 4.69) is 6.58 Å². The number of aliphatic carboxylic acids is 1. The van der Waals surface area contributed by atoms with Crippen LogP contribution < -0.4 is 4.52 Å². The van der Waals surface area contributed by atoms with Crippen molar-refractivity contribution in [3.63, 3.8) is 0 Å². The first-order valence-electron chi connectivity index (χ1n) is 7.28. The van der Waals surface area contributed by atoms with E-state index in [0.717, 1.165) is 0 Å². The first-order valence-corrected chi connectivity index (χ1v) is 9.04. The molecule has 1 aromatic carbocycles. The number of carbonyl (C=O) groups is 1. The third-order valence-corrected chi connectivity index (χ3v) is 6.07. The highest BCUT2D eigenvalue weighted by molar-refractivity contribution is 7.57. The van der Waals surface area contributed by atoms with Crippen molar-refractivity contribution in [2.45, 2.75) is 39.3 Å². The SMILES string of the molecule is C=CCCP(=O)(Oc1ccccc1)N(C(C)C)[C@@H](C)C(=O)O. The second kappa shape index (κ2) is 8.16. The monoisotopic (exact) mass is 325 g/mol. The molecule has 6 heteroatoms. The Morgan fingerprint density at radius 1 is 1.36 bits per heavy atom. The molecule has 0 radical (unpaired) electrons. The average molecular weight is 325 g/mol. The normalized spacial score (nSPS) is 15.3. The van der Waals surface area contributed by atoms with Crippen LogP contribution >= 0.6 is 7.52 Å². The Morgan fingerprint density at radius 2 is 1.95 bits per heavy atom. The molecule has 22 heavy (non-hydrogen) atoms. The van der Waals surface area contributed by atoms with E-state index in [4.69, 9.17) is 4.52 Å². The third-order valence-electron chi connectivity index (χ3n) is 3.24. The fraction of sp³-hybridized carbons (Fsp3) is 0.438. The second-order valence-corrected chi connectivity index (χ2v) is 7.70. The van der Waals surface area contributed by atoms with Gasteiger partial charge in [-0.25, -0.2) is 4.67 Å². The van der Waals surface area contributed by atoms with Gasteiger partial charge in [0.15, 0.2) is 0 Å². The summed E-state index contributed by atoms with van der Waals surface area (Å²) in [5, 5.41) is 9.32. The lowest BCUT2D eigenvalue weighted by Crippen LogP contribution is -2.42. The number of allylic oxidation sites excluding steroid dienone is 1. The lowest BCUT2D eigenvalue weighted by Gasteiger charge is -2.36. The van der Waals surface area contributed by atoms with Crippen molar-refractivity contribution in [3.05, 3.63) is 43.0 Å². The van der Waals surface area contributed by atoms with E-state index >= 15 is 0 Å². The Kier molecular flexibility index (Phi) is 6.85. The summed E-state index contributed by atoms with van der Waals surface area (Å²) in [6.45, 7) is 8.80. The van der Waals surface area contributed by atoms with Crippen LogP contribution in [-0.2, 0) is 9.36 Å². The molecule has 0 saturated carbocycles. The van der Waals surface area contributed by atoms with Gasteiger partial charge in [-0.15, -0.1) is 6.58 Å². The van der Waals surface area contributed by atoms with Crippen molar-refractivity contribution in [1.29, 1.82) is 0 Å². The van der Waals surface area contributed by atoms with Crippen LogP contribution in [0, 0.1) is 0 Å². The highest BCUT2D eigenvalue weighted by atomic mass is 31.2. The maximum atomic E-state index is 13.4. The van der Waals surface area contributed by atoms with Crippen LogP contribution in [0.3, 0.4) is 0 Å². The van der Waals surface area contributed by atoms with Crippen LogP contribution in [0.15, 0.2) is 43.0 Å². The second-order valence-electron chi connectivity index (χ2n) is 5.33. The summed E-state index contributed by atoms with van der Waals surface area (Å²) < 4.78 is 20.7. The predicted octanol–water partition coefficient (Wildman–Crippen LogP) is 4.02. The number of hydrogen-bond donors (Lipinski definition) is 1. The summed E-state index contributed by atoms with van der Waals surface area (Å²) in [6.07, 6.45) is 2.37. The van der Waals surface area contributed by atoms with E-state index in [9.17, 15) is 14.5 Å². The average Bonchev–Trinajstić information content (AvgIpc) is 2.45. The molecule has 0 heterocycles. The van der Waals surface area contributed by atoms with Crippen molar-refractivity contribution in [3.8, 4) is 5.75 Å². The number of para-hydroxylation sites is 1.